The number of aryl methyl sites for hydroxylation is 1. The lowest BCUT2D eigenvalue weighted by atomic mass is 10.1. The van der Waals surface area contributed by atoms with Crippen molar-refractivity contribution in [2.24, 2.45) is 0 Å². The average Bonchev–Trinajstić information content (AvgIpc) is 2.81. The maximum Gasteiger partial charge on any atom is 0.111 e. The molecule has 19 heavy (non-hydrogen) atoms. The lowest BCUT2D eigenvalue weighted by Crippen LogP contribution is -2.17. The van der Waals surface area contributed by atoms with Gasteiger partial charge in [0.15, 0.2) is 0 Å². The zero-order chi connectivity index (χ0) is 13.8. The molecule has 0 aliphatic rings. The van der Waals surface area contributed by atoms with Crippen molar-refractivity contribution in [3.05, 3.63) is 52.0 Å². The number of halogens is 2. The van der Waals surface area contributed by atoms with E-state index in [1.165, 1.54) is 0 Å². The van der Waals surface area contributed by atoms with E-state index in [-0.39, 0.29) is 0 Å². The molecule has 0 fully saturated rings. The Bertz CT molecular complexity index is 534. The second-order valence-corrected chi connectivity index (χ2v) is 5.21. The Hall–Kier alpha value is -1.03. The number of aromatic nitrogens is 2. The predicted octanol–water partition coefficient (Wildman–Crippen LogP) is 3.36. The molecule has 0 spiro atoms. The van der Waals surface area contributed by atoms with Gasteiger partial charge in [0.2, 0.25) is 0 Å². The van der Waals surface area contributed by atoms with E-state index in [1.54, 1.807) is 24.4 Å². The summed E-state index contributed by atoms with van der Waals surface area (Å²) in [4.78, 5) is 4.25. The molecule has 1 N–H and O–H groups in total. The van der Waals surface area contributed by atoms with Crippen LogP contribution in [0.3, 0.4) is 0 Å². The summed E-state index contributed by atoms with van der Waals surface area (Å²) in [5.74, 6) is 0.873. The van der Waals surface area contributed by atoms with Crippen LogP contribution in [0.25, 0.3) is 0 Å². The molecule has 1 heterocycles. The van der Waals surface area contributed by atoms with Crippen LogP contribution in [-0.2, 0) is 19.4 Å². The number of hydrogen-bond donors (Lipinski definition) is 1. The van der Waals surface area contributed by atoms with Gasteiger partial charge < -0.3 is 9.67 Å². The topological polar surface area (TPSA) is 38.0 Å². The Morgan fingerprint density at radius 2 is 1.95 bits per heavy atom. The molecule has 0 saturated heterocycles. The molecule has 1 unspecified atom stereocenters. The van der Waals surface area contributed by atoms with Crippen molar-refractivity contribution in [2.75, 3.05) is 0 Å². The number of rotatable bonds is 5. The molecule has 2 aromatic rings. The highest BCUT2D eigenvalue weighted by Crippen LogP contribution is 2.26. The third kappa shape index (κ3) is 3.50. The van der Waals surface area contributed by atoms with Gasteiger partial charge in [-0.15, -0.1) is 0 Å². The van der Waals surface area contributed by atoms with Crippen molar-refractivity contribution in [3.8, 4) is 0 Å². The van der Waals surface area contributed by atoms with Gasteiger partial charge in [-0.1, -0.05) is 29.3 Å². The first kappa shape index (κ1) is 14.4. The highest BCUT2D eigenvalue weighted by molar-refractivity contribution is 6.35. The quantitative estimate of drug-likeness (QED) is 0.919. The van der Waals surface area contributed by atoms with Crippen molar-refractivity contribution in [1.82, 2.24) is 9.55 Å². The predicted molar refractivity (Wildman–Crippen MR) is 77.8 cm³/mol. The molecule has 0 saturated carbocycles. The molecule has 0 aliphatic heterocycles. The van der Waals surface area contributed by atoms with Crippen LogP contribution in [0.4, 0.5) is 0 Å². The molecule has 5 heteroatoms. The smallest absolute Gasteiger partial charge is 0.111 e. The first-order valence-electron chi connectivity index (χ1n) is 6.22. The van der Waals surface area contributed by atoms with Crippen LogP contribution in [0.15, 0.2) is 30.6 Å². The molecule has 0 radical (unpaired) electrons. The molecule has 1 aromatic heterocycles. The van der Waals surface area contributed by atoms with Gasteiger partial charge in [0, 0.05) is 41.8 Å². The van der Waals surface area contributed by atoms with E-state index in [0.29, 0.717) is 22.9 Å². The van der Waals surface area contributed by atoms with Gasteiger partial charge in [0.05, 0.1) is 6.10 Å². The Balaban J connectivity index is 2.07. The van der Waals surface area contributed by atoms with E-state index in [0.717, 1.165) is 17.9 Å². The molecule has 0 bridgehead atoms. The fraction of sp³-hybridized carbons (Fsp3) is 0.357. The van der Waals surface area contributed by atoms with Crippen molar-refractivity contribution in [3.63, 3.8) is 0 Å². The Morgan fingerprint density at radius 1 is 1.26 bits per heavy atom. The average molecular weight is 299 g/mol. The van der Waals surface area contributed by atoms with E-state index in [9.17, 15) is 5.11 Å². The second kappa shape index (κ2) is 6.42. The summed E-state index contributed by atoms with van der Waals surface area (Å²) >= 11 is 12.2. The molecule has 1 atom stereocenters. The highest BCUT2D eigenvalue weighted by atomic mass is 35.5. The molecule has 0 aliphatic carbocycles. The minimum absolute atomic E-state index is 0.426. The zero-order valence-electron chi connectivity index (χ0n) is 10.7. The van der Waals surface area contributed by atoms with Crippen LogP contribution in [0.1, 0.15) is 18.3 Å². The standard InChI is InChI=1S/C14H16Cl2N2O/c1-2-18-7-6-17-14(18)9-10(19)8-11-12(15)4-3-5-13(11)16/h3-7,10,19H,2,8-9H2,1H3. The van der Waals surface area contributed by atoms with Crippen molar-refractivity contribution >= 4 is 23.2 Å². The van der Waals surface area contributed by atoms with E-state index < -0.39 is 6.10 Å². The summed E-state index contributed by atoms with van der Waals surface area (Å²) in [6, 6.07) is 5.36. The Kier molecular flexibility index (Phi) is 4.86. The normalized spacial score (nSPS) is 12.6. The van der Waals surface area contributed by atoms with Crippen molar-refractivity contribution < 1.29 is 5.11 Å². The van der Waals surface area contributed by atoms with Crippen molar-refractivity contribution in [2.45, 2.75) is 32.4 Å². The van der Waals surface area contributed by atoms with E-state index in [2.05, 4.69) is 4.98 Å². The molecule has 1 aromatic carbocycles. The van der Waals surface area contributed by atoms with Crippen LogP contribution >= 0.6 is 23.2 Å². The van der Waals surface area contributed by atoms with Crippen LogP contribution in [0, 0.1) is 0 Å². The minimum Gasteiger partial charge on any atom is -0.392 e. The summed E-state index contributed by atoms with van der Waals surface area (Å²) in [6.07, 6.45) is 4.01. The van der Waals surface area contributed by atoms with E-state index >= 15 is 0 Å². The van der Waals surface area contributed by atoms with Gasteiger partial charge in [0.25, 0.3) is 0 Å². The maximum absolute atomic E-state index is 10.2. The summed E-state index contributed by atoms with van der Waals surface area (Å²) in [7, 11) is 0. The highest BCUT2D eigenvalue weighted by Gasteiger charge is 2.14. The lowest BCUT2D eigenvalue weighted by Gasteiger charge is -2.13. The first-order valence-corrected chi connectivity index (χ1v) is 6.98. The van der Waals surface area contributed by atoms with Gasteiger partial charge in [-0.05, 0) is 24.6 Å². The van der Waals surface area contributed by atoms with Gasteiger partial charge in [-0.2, -0.15) is 0 Å². The largest absolute Gasteiger partial charge is 0.392 e. The lowest BCUT2D eigenvalue weighted by molar-refractivity contribution is 0.171. The zero-order valence-corrected chi connectivity index (χ0v) is 12.2. The molecular weight excluding hydrogens is 283 g/mol. The number of aliphatic hydroxyl groups excluding tert-OH is 1. The van der Waals surface area contributed by atoms with E-state index in [4.69, 9.17) is 23.2 Å². The number of imidazole rings is 1. The fourth-order valence-electron chi connectivity index (χ4n) is 2.06. The van der Waals surface area contributed by atoms with E-state index in [1.807, 2.05) is 17.7 Å². The SMILES string of the molecule is CCn1ccnc1CC(O)Cc1c(Cl)cccc1Cl. The third-order valence-electron chi connectivity index (χ3n) is 3.06. The van der Waals surface area contributed by atoms with Crippen LogP contribution < -0.4 is 0 Å². The van der Waals surface area contributed by atoms with Crippen LogP contribution in [0.2, 0.25) is 10.0 Å². The van der Waals surface area contributed by atoms with Gasteiger partial charge >= 0.3 is 0 Å². The third-order valence-corrected chi connectivity index (χ3v) is 3.77. The monoisotopic (exact) mass is 298 g/mol. The summed E-state index contributed by atoms with van der Waals surface area (Å²) in [6.45, 7) is 2.89. The second-order valence-electron chi connectivity index (χ2n) is 4.39. The molecular formula is C14H16Cl2N2O. The van der Waals surface area contributed by atoms with Gasteiger partial charge in [-0.25, -0.2) is 4.98 Å². The fourth-order valence-corrected chi connectivity index (χ4v) is 2.62. The molecule has 3 nitrogen and oxygen atoms in total. The Labute approximate surface area is 122 Å². The van der Waals surface area contributed by atoms with Crippen molar-refractivity contribution in [1.29, 1.82) is 0 Å². The summed E-state index contributed by atoms with van der Waals surface area (Å²) in [5, 5.41) is 11.3. The number of hydrogen-bond acceptors (Lipinski definition) is 2. The van der Waals surface area contributed by atoms with Gasteiger partial charge in [-0.3, -0.25) is 0 Å². The number of aliphatic hydroxyl groups is 1. The maximum atomic E-state index is 10.2. The first-order chi connectivity index (χ1) is 9.11. The number of benzene rings is 1. The van der Waals surface area contributed by atoms with Crippen LogP contribution in [-0.4, -0.2) is 20.8 Å². The minimum atomic E-state index is -0.551. The molecule has 0 amide bonds. The molecule has 2 rings (SSSR count). The number of nitrogens with zero attached hydrogens (tertiary/aromatic N) is 2. The molecule has 102 valence electrons. The Morgan fingerprint density at radius 3 is 2.58 bits per heavy atom. The summed E-state index contributed by atoms with van der Waals surface area (Å²) in [5.41, 5.74) is 0.785. The summed E-state index contributed by atoms with van der Waals surface area (Å²) < 4.78 is 2.01. The van der Waals surface area contributed by atoms with Crippen LogP contribution in [0.5, 0.6) is 0 Å². The van der Waals surface area contributed by atoms with Gasteiger partial charge in [0.1, 0.15) is 5.82 Å².